The molecule has 0 bridgehead atoms. The summed E-state index contributed by atoms with van der Waals surface area (Å²) in [7, 11) is 0. The van der Waals surface area contributed by atoms with Gasteiger partial charge in [0.15, 0.2) is 0 Å². The second-order valence-corrected chi connectivity index (χ2v) is 12.3. The maximum atomic E-state index is 12.4. The third kappa shape index (κ3) is 26.4. The lowest BCUT2D eigenvalue weighted by atomic mass is 10.0. The first-order valence-corrected chi connectivity index (χ1v) is 17.6. The Balaban J connectivity index is 3.89. The molecule has 5 N–H and O–H groups in total. The average molecular weight is 584 g/mol. The van der Waals surface area contributed by atoms with E-state index in [9.17, 15) is 25.2 Å². The van der Waals surface area contributed by atoms with Gasteiger partial charge in [-0.15, -0.1) is 0 Å². The van der Waals surface area contributed by atoms with Crippen molar-refractivity contribution >= 4 is 5.91 Å². The number of amides is 1. The lowest BCUT2D eigenvalue weighted by Crippen LogP contribution is -2.48. The largest absolute Gasteiger partial charge is 0.394 e. The minimum absolute atomic E-state index is 0.380. The van der Waals surface area contributed by atoms with Gasteiger partial charge in [0, 0.05) is 0 Å². The highest BCUT2D eigenvalue weighted by Crippen LogP contribution is 2.15. The van der Waals surface area contributed by atoms with Gasteiger partial charge in [0.05, 0.1) is 24.9 Å². The first-order valence-electron chi connectivity index (χ1n) is 17.6. The summed E-state index contributed by atoms with van der Waals surface area (Å²) in [6.45, 7) is 4.04. The van der Waals surface area contributed by atoms with Gasteiger partial charge in [-0.1, -0.05) is 174 Å². The second kappa shape index (κ2) is 30.5. The number of hydrogen-bond donors (Lipinski definition) is 5. The molecular weight excluding hydrogens is 514 g/mol. The second-order valence-electron chi connectivity index (χ2n) is 12.3. The Morgan fingerprint density at radius 1 is 0.561 bits per heavy atom. The molecule has 4 atom stereocenters. The van der Waals surface area contributed by atoms with Crippen LogP contribution in [-0.4, -0.2) is 57.3 Å². The molecule has 1 amide bonds. The summed E-state index contributed by atoms with van der Waals surface area (Å²) < 4.78 is 0. The number of nitrogens with one attached hydrogen (secondary N) is 1. The highest BCUT2D eigenvalue weighted by atomic mass is 16.3. The maximum Gasteiger partial charge on any atom is 0.249 e. The van der Waals surface area contributed by atoms with Crippen LogP contribution in [0.2, 0.25) is 0 Å². The van der Waals surface area contributed by atoms with E-state index in [1.54, 1.807) is 0 Å². The van der Waals surface area contributed by atoms with Gasteiger partial charge < -0.3 is 25.7 Å². The Morgan fingerprint density at radius 3 is 1.32 bits per heavy atom. The molecule has 6 heteroatoms. The monoisotopic (exact) mass is 584 g/mol. The molecule has 0 saturated heterocycles. The highest BCUT2D eigenvalue weighted by Gasteiger charge is 2.22. The van der Waals surface area contributed by atoms with Crippen molar-refractivity contribution in [3.05, 3.63) is 12.2 Å². The number of unbranched alkanes of at least 4 members (excludes halogenated alkanes) is 21. The van der Waals surface area contributed by atoms with Gasteiger partial charge in [-0.25, -0.2) is 0 Å². The summed E-state index contributed by atoms with van der Waals surface area (Å²) in [6, 6.07) is -0.912. The highest BCUT2D eigenvalue weighted by molar-refractivity contribution is 5.80. The van der Waals surface area contributed by atoms with Crippen LogP contribution in [-0.2, 0) is 4.79 Å². The predicted octanol–water partition coefficient (Wildman–Crippen LogP) is 7.89. The minimum Gasteiger partial charge on any atom is -0.394 e. The van der Waals surface area contributed by atoms with Crippen molar-refractivity contribution in [2.45, 2.75) is 199 Å². The first kappa shape index (κ1) is 40.1. The predicted molar refractivity (Wildman–Crippen MR) is 173 cm³/mol. The number of carbonyl (C=O) groups excluding carboxylic acids is 1. The first-order chi connectivity index (χ1) is 20.0. The number of aliphatic hydroxyl groups excluding tert-OH is 4. The quantitative estimate of drug-likeness (QED) is 0.0421. The zero-order valence-corrected chi connectivity index (χ0v) is 27.0. The normalized spacial score (nSPS) is 14.8. The molecule has 0 aromatic heterocycles. The molecule has 6 nitrogen and oxygen atoms in total. The third-order valence-electron chi connectivity index (χ3n) is 8.20. The number of aliphatic hydroxyl groups is 4. The van der Waals surface area contributed by atoms with Crippen molar-refractivity contribution in [2.24, 2.45) is 0 Å². The van der Waals surface area contributed by atoms with Crippen molar-refractivity contribution in [3.63, 3.8) is 0 Å². The molecule has 0 aromatic rings. The molecule has 0 radical (unpaired) electrons. The lowest BCUT2D eigenvalue weighted by molar-refractivity contribution is -0.131. The van der Waals surface area contributed by atoms with Crippen molar-refractivity contribution in [2.75, 3.05) is 6.61 Å². The van der Waals surface area contributed by atoms with E-state index < -0.39 is 36.9 Å². The molecule has 0 aliphatic heterocycles. The summed E-state index contributed by atoms with van der Waals surface area (Å²) in [5.41, 5.74) is 0. The van der Waals surface area contributed by atoms with E-state index in [1.807, 2.05) is 0 Å². The van der Waals surface area contributed by atoms with E-state index in [2.05, 4.69) is 19.2 Å². The van der Waals surface area contributed by atoms with Crippen LogP contribution in [0.3, 0.4) is 0 Å². The summed E-state index contributed by atoms with van der Waals surface area (Å²) in [5.74, 6) is -0.568. The van der Waals surface area contributed by atoms with Crippen molar-refractivity contribution in [1.29, 1.82) is 0 Å². The van der Waals surface area contributed by atoms with Crippen molar-refractivity contribution in [3.8, 4) is 0 Å². The SMILES string of the molecule is CCCCCCCCCCCCCCCC(O)C(=O)N[C@@H](CO)[C@H](O)/C=C/[C@H](O)CCCCCCCCCCCC. The van der Waals surface area contributed by atoms with Gasteiger partial charge in [0.1, 0.15) is 6.10 Å². The summed E-state index contributed by atoms with van der Waals surface area (Å²) in [4.78, 5) is 12.4. The van der Waals surface area contributed by atoms with Crippen LogP contribution in [0.1, 0.15) is 174 Å². The Hall–Kier alpha value is -0.950. The van der Waals surface area contributed by atoms with Crippen LogP contribution >= 0.6 is 0 Å². The molecule has 0 heterocycles. The smallest absolute Gasteiger partial charge is 0.249 e. The minimum atomic E-state index is -1.14. The number of carbonyl (C=O) groups is 1. The van der Waals surface area contributed by atoms with E-state index in [4.69, 9.17) is 0 Å². The zero-order chi connectivity index (χ0) is 30.4. The fourth-order valence-electron chi connectivity index (χ4n) is 5.32. The Morgan fingerprint density at radius 2 is 0.927 bits per heavy atom. The maximum absolute atomic E-state index is 12.4. The van der Waals surface area contributed by atoms with E-state index >= 15 is 0 Å². The Kier molecular flexibility index (Phi) is 29.8. The van der Waals surface area contributed by atoms with Gasteiger partial charge >= 0.3 is 0 Å². The summed E-state index contributed by atoms with van der Waals surface area (Å²) in [5, 5.41) is 43.0. The molecule has 0 aliphatic carbocycles. The van der Waals surface area contributed by atoms with Gasteiger partial charge in [-0.2, -0.15) is 0 Å². The molecule has 0 aromatic carbocycles. The lowest BCUT2D eigenvalue weighted by Gasteiger charge is -2.22. The van der Waals surface area contributed by atoms with E-state index in [-0.39, 0.29) is 0 Å². The van der Waals surface area contributed by atoms with Crippen molar-refractivity contribution in [1.82, 2.24) is 5.32 Å². The van der Waals surface area contributed by atoms with Crippen molar-refractivity contribution < 1.29 is 25.2 Å². The molecule has 244 valence electrons. The molecule has 0 saturated carbocycles. The van der Waals surface area contributed by atoms with E-state index in [0.29, 0.717) is 12.8 Å². The van der Waals surface area contributed by atoms with Gasteiger partial charge in [0.25, 0.3) is 0 Å². The fourth-order valence-corrected chi connectivity index (χ4v) is 5.32. The zero-order valence-electron chi connectivity index (χ0n) is 27.0. The van der Waals surface area contributed by atoms with Gasteiger partial charge in [-0.05, 0) is 12.8 Å². The molecular formula is C35H69NO5. The summed E-state index contributed by atoms with van der Waals surface area (Å²) >= 11 is 0. The van der Waals surface area contributed by atoms with Crippen LogP contribution in [0.25, 0.3) is 0 Å². The van der Waals surface area contributed by atoms with Gasteiger partial charge in [-0.3, -0.25) is 4.79 Å². The average Bonchev–Trinajstić information content (AvgIpc) is 2.97. The fraction of sp³-hybridized carbons (Fsp3) is 0.914. The van der Waals surface area contributed by atoms with E-state index in [1.165, 1.54) is 128 Å². The molecule has 0 aliphatic rings. The summed E-state index contributed by atoms with van der Waals surface area (Å²) in [6.07, 6.45) is 29.6. The number of rotatable bonds is 31. The van der Waals surface area contributed by atoms with Crippen LogP contribution in [0.4, 0.5) is 0 Å². The van der Waals surface area contributed by atoms with Crippen LogP contribution in [0, 0.1) is 0 Å². The molecule has 0 spiro atoms. The molecule has 1 unspecified atom stereocenters. The Labute approximate surface area is 253 Å². The van der Waals surface area contributed by atoms with Crippen LogP contribution in [0.15, 0.2) is 12.2 Å². The van der Waals surface area contributed by atoms with Crippen LogP contribution < -0.4 is 5.32 Å². The van der Waals surface area contributed by atoms with Gasteiger partial charge in [0.2, 0.25) is 5.91 Å². The molecule has 0 rings (SSSR count). The topological polar surface area (TPSA) is 110 Å². The Bertz CT molecular complexity index is 585. The van der Waals surface area contributed by atoms with E-state index in [0.717, 1.165) is 32.1 Å². The standard InChI is InChI=1S/C35H69NO5/c1-3-5-7-9-11-13-15-16-17-19-21-23-25-27-34(40)35(41)36-32(30-37)33(39)29-28-31(38)26-24-22-20-18-14-12-10-8-6-4-2/h28-29,31-34,37-40H,3-27,30H2,1-2H3,(H,36,41)/b29-28+/t31-,32+,33-,34?/m1/s1. The molecule has 0 fully saturated rings. The van der Waals surface area contributed by atoms with Crippen LogP contribution in [0.5, 0.6) is 0 Å². The molecule has 41 heavy (non-hydrogen) atoms. The third-order valence-corrected chi connectivity index (χ3v) is 8.20. The number of hydrogen-bond acceptors (Lipinski definition) is 5.